The van der Waals surface area contributed by atoms with Gasteiger partial charge in [-0.15, -0.1) is 0 Å². The van der Waals surface area contributed by atoms with E-state index < -0.39 is 0 Å². The number of halogens is 2. The highest BCUT2D eigenvalue weighted by Crippen LogP contribution is 2.27. The molecule has 0 saturated carbocycles. The van der Waals surface area contributed by atoms with E-state index in [1.807, 2.05) is 6.07 Å². The smallest absolute Gasteiger partial charge is 0.230 e. The Bertz CT molecular complexity index is 640. The summed E-state index contributed by atoms with van der Waals surface area (Å²) in [7, 11) is 0. The molecule has 0 bridgehead atoms. The molecule has 1 N–H and O–H groups in total. The summed E-state index contributed by atoms with van der Waals surface area (Å²) in [5, 5.41) is 17.5. The highest BCUT2D eigenvalue weighted by molar-refractivity contribution is 6.38. The zero-order valence-electron chi connectivity index (χ0n) is 7.34. The van der Waals surface area contributed by atoms with E-state index in [0.717, 1.165) is 0 Å². The summed E-state index contributed by atoms with van der Waals surface area (Å²) in [5.41, 5.74) is 0.320. The van der Waals surface area contributed by atoms with Crippen LogP contribution in [-0.2, 0) is 0 Å². The average Bonchev–Trinajstić information content (AvgIpc) is 2.18. The normalized spacial score (nSPS) is 10.2. The zero-order chi connectivity index (χ0) is 11.0. The molecule has 1 aromatic heterocycles. The van der Waals surface area contributed by atoms with Crippen LogP contribution >= 0.6 is 23.2 Å². The van der Waals surface area contributed by atoms with Gasteiger partial charge in [-0.05, 0) is 18.2 Å². The number of benzene rings is 1. The maximum absolute atomic E-state index is 8.72. The number of hydrogen-bond donors (Lipinski definition) is 1. The Kier molecular flexibility index (Phi) is 2.39. The number of fused-ring (bicyclic) bond motifs is 1. The van der Waals surface area contributed by atoms with Gasteiger partial charge in [-0.1, -0.05) is 23.2 Å². The Labute approximate surface area is 95.0 Å². The number of nitrogens with zero attached hydrogens (tertiary/aromatic N) is 1. The topological polar surface area (TPSA) is 60.8 Å². The predicted molar refractivity (Wildman–Crippen MR) is 56.8 cm³/mol. The van der Waals surface area contributed by atoms with Crippen molar-refractivity contribution in [2.24, 2.45) is 0 Å². The summed E-state index contributed by atoms with van der Waals surface area (Å²) in [4.78, 5) is 0. The van der Waals surface area contributed by atoms with Crippen molar-refractivity contribution in [3.05, 3.63) is 39.4 Å². The van der Waals surface area contributed by atoms with Gasteiger partial charge in [0.1, 0.15) is 11.6 Å². The molecular weight excluding hydrogens is 235 g/mol. The summed E-state index contributed by atoms with van der Waals surface area (Å²) in [6, 6.07) is 6.55. The van der Waals surface area contributed by atoms with Crippen molar-refractivity contribution in [1.82, 2.24) is 0 Å². The van der Waals surface area contributed by atoms with Crippen LogP contribution in [0.5, 0.6) is 0 Å². The fraction of sp³-hybridized carbons (Fsp3) is 0. The second kappa shape index (κ2) is 3.58. The third-order valence-corrected chi connectivity index (χ3v) is 2.41. The van der Waals surface area contributed by atoms with Crippen LogP contribution in [0.1, 0.15) is 5.56 Å². The van der Waals surface area contributed by atoms with Gasteiger partial charge >= 0.3 is 0 Å². The van der Waals surface area contributed by atoms with E-state index >= 15 is 0 Å². The third kappa shape index (κ3) is 1.70. The van der Waals surface area contributed by atoms with Crippen LogP contribution < -0.4 is 5.55 Å². The number of nitriles is 1. The van der Waals surface area contributed by atoms with Crippen molar-refractivity contribution in [3.8, 4) is 6.07 Å². The molecule has 0 fully saturated rings. The van der Waals surface area contributed by atoms with Gasteiger partial charge in [0.05, 0.1) is 5.02 Å². The molecule has 15 heavy (non-hydrogen) atoms. The molecule has 1 aromatic carbocycles. The Morgan fingerprint density at radius 2 is 2.00 bits per heavy atom. The molecule has 0 aliphatic rings. The van der Waals surface area contributed by atoms with Gasteiger partial charge in [-0.2, -0.15) is 5.26 Å². The number of rotatable bonds is 0. The minimum absolute atomic E-state index is 0.154. The Morgan fingerprint density at radius 1 is 1.27 bits per heavy atom. The van der Waals surface area contributed by atoms with Gasteiger partial charge in [0.15, 0.2) is 5.58 Å². The predicted octanol–water partition coefficient (Wildman–Crippen LogP) is 3.09. The van der Waals surface area contributed by atoms with Gasteiger partial charge in [-0.25, -0.2) is 0 Å². The third-order valence-electron chi connectivity index (χ3n) is 1.91. The van der Waals surface area contributed by atoms with Crippen molar-refractivity contribution in [2.45, 2.75) is 0 Å². The molecule has 0 spiro atoms. The molecule has 5 heteroatoms. The van der Waals surface area contributed by atoms with Crippen LogP contribution in [0.2, 0.25) is 10.0 Å². The van der Waals surface area contributed by atoms with Crippen molar-refractivity contribution in [2.75, 3.05) is 0 Å². The van der Waals surface area contributed by atoms with E-state index in [0.29, 0.717) is 21.0 Å². The lowest BCUT2D eigenvalue weighted by Gasteiger charge is -2.00. The first-order valence-electron chi connectivity index (χ1n) is 3.99. The summed E-state index contributed by atoms with van der Waals surface area (Å²) < 4.78 is 5.12. The second-order valence-corrected chi connectivity index (χ2v) is 3.75. The molecule has 74 valence electrons. The minimum atomic E-state index is -0.200. The highest BCUT2D eigenvalue weighted by atomic mass is 35.5. The van der Waals surface area contributed by atoms with Crippen LogP contribution in [0, 0.1) is 16.7 Å². The quantitative estimate of drug-likeness (QED) is 0.767. The van der Waals surface area contributed by atoms with E-state index in [1.165, 1.54) is 12.1 Å². The average molecular weight is 239 g/mol. The maximum atomic E-state index is 8.72. The summed E-state index contributed by atoms with van der Waals surface area (Å²) in [5.74, 6) is 0. The van der Waals surface area contributed by atoms with Crippen molar-refractivity contribution in [1.29, 1.82) is 10.7 Å². The molecule has 0 radical (unpaired) electrons. The molecule has 2 rings (SSSR count). The van der Waals surface area contributed by atoms with Crippen LogP contribution in [0.25, 0.3) is 11.0 Å². The Morgan fingerprint density at radius 3 is 2.67 bits per heavy atom. The Hall–Kier alpha value is -1.50. The van der Waals surface area contributed by atoms with Gasteiger partial charge in [0.25, 0.3) is 0 Å². The van der Waals surface area contributed by atoms with Crippen LogP contribution in [0.15, 0.2) is 22.6 Å². The molecule has 0 aliphatic heterocycles. The lowest BCUT2D eigenvalue weighted by atomic mass is 10.2. The first-order valence-corrected chi connectivity index (χ1v) is 4.75. The molecule has 0 atom stereocenters. The minimum Gasteiger partial charge on any atom is -0.436 e. The van der Waals surface area contributed by atoms with E-state index in [4.69, 9.17) is 38.3 Å². The van der Waals surface area contributed by atoms with Gasteiger partial charge in [-0.3, -0.25) is 5.41 Å². The second-order valence-electron chi connectivity index (χ2n) is 2.91. The first kappa shape index (κ1) is 10.0. The Balaban J connectivity index is 2.95. The molecule has 3 nitrogen and oxygen atoms in total. The molecule has 0 unspecified atom stereocenters. The van der Waals surface area contributed by atoms with Crippen molar-refractivity contribution in [3.63, 3.8) is 0 Å². The first-order chi connectivity index (χ1) is 7.11. The summed E-state index contributed by atoms with van der Waals surface area (Å²) in [6.45, 7) is 0. The van der Waals surface area contributed by atoms with Crippen LogP contribution in [-0.4, -0.2) is 0 Å². The van der Waals surface area contributed by atoms with Gasteiger partial charge in [0, 0.05) is 10.4 Å². The molecule has 2 aromatic rings. The van der Waals surface area contributed by atoms with Crippen LogP contribution in [0.3, 0.4) is 0 Å². The summed E-state index contributed by atoms with van der Waals surface area (Å²) >= 11 is 11.7. The lowest BCUT2D eigenvalue weighted by molar-refractivity contribution is 0.531. The lowest BCUT2D eigenvalue weighted by Crippen LogP contribution is -2.03. The number of nitrogens with one attached hydrogen (secondary N) is 1. The fourth-order valence-corrected chi connectivity index (χ4v) is 1.80. The fourth-order valence-electron chi connectivity index (χ4n) is 1.26. The maximum Gasteiger partial charge on any atom is 0.230 e. The molecule has 0 saturated heterocycles. The van der Waals surface area contributed by atoms with E-state index in [1.54, 1.807) is 6.07 Å². The van der Waals surface area contributed by atoms with Crippen molar-refractivity contribution >= 4 is 34.2 Å². The largest absolute Gasteiger partial charge is 0.436 e. The SMILES string of the molecule is N#Cc1cc2cc(Cl)cc(Cl)c2oc1=N. The molecule has 1 heterocycles. The monoisotopic (exact) mass is 238 g/mol. The van der Waals surface area contributed by atoms with Gasteiger partial charge in [0.2, 0.25) is 5.55 Å². The van der Waals surface area contributed by atoms with Crippen LogP contribution in [0.4, 0.5) is 0 Å². The molecule has 0 aliphatic carbocycles. The van der Waals surface area contributed by atoms with E-state index in [2.05, 4.69) is 0 Å². The molecule has 0 amide bonds. The standard InChI is InChI=1S/C10H4Cl2N2O/c11-7-2-5-1-6(4-13)10(14)15-9(5)8(12)3-7/h1-3,14H. The van der Waals surface area contributed by atoms with E-state index in [9.17, 15) is 0 Å². The number of hydrogen-bond acceptors (Lipinski definition) is 3. The highest BCUT2D eigenvalue weighted by Gasteiger charge is 2.06. The zero-order valence-corrected chi connectivity index (χ0v) is 8.86. The molecular formula is C10H4Cl2N2O. The van der Waals surface area contributed by atoms with E-state index in [-0.39, 0.29) is 11.1 Å². The van der Waals surface area contributed by atoms with Crippen molar-refractivity contribution < 1.29 is 4.42 Å². The van der Waals surface area contributed by atoms with Gasteiger partial charge < -0.3 is 4.42 Å². The summed E-state index contributed by atoms with van der Waals surface area (Å²) in [6.07, 6.45) is 0.